The van der Waals surface area contributed by atoms with Crippen LogP contribution in [-0.2, 0) is 56.0 Å². The lowest BCUT2D eigenvalue weighted by Gasteiger charge is -2.35. The smallest absolute Gasteiger partial charge is 0.245 e. The molecule has 1 fully saturated rings. The zero-order valence-electron chi connectivity index (χ0n) is 47.1. The molecule has 1 aliphatic heterocycles. The Morgan fingerprint density at radius 1 is 0.738 bits per heavy atom. The average molecular weight is 1200 g/mol. The number of primary amides is 1. The van der Waals surface area contributed by atoms with Crippen LogP contribution in [0.3, 0.4) is 0 Å². The van der Waals surface area contributed by atoms with E-state index in [0.29, 0.717) is 29.5 Å². The van der Waals surface area contributed by atoms with Crippen molar-refractivity contribution in [2.24, 2.45) is 33.7 Å². The summed E-state index contributed by atoms with van der Waals surface area (Å²) in [5, 5.41) is 43.3. The Morgan fingerprint density at radius 2 is 1.40 bits per heavy atom. The summed E-state index contributed by atoms with van der Waals surface area (Å²) < 4.78 is -1.37. The number of fused-ring (bicyclic) bond motifs is 1. The highest BCUT2D eigenvalue weighted by atomic mass is 33.1. The van der Waals surface area contributed by atoms with Gasteiger partial charge in [-0.2, -0.15) is 0 Å². The van der Waals surface area contributed by atoms with Crippen molar-refractivity contribution in [3.8, 4) is 5.75 Å². The number of aliphatic imine (C=N–C) groups is 1. The number of carbonyl (C=O) groups excluding carboxylic acids is 9. The van der Waals surface area contributed by atoms with Crippen molar-refractivity contribution in [2.75, 3.05) is 32.0 Å². The SMILES string of the molecule is C[C@@H](c1ccc2ccccc2c1)[C@@H]1NC(=O)[C@H](NC(=O)[C@@H](N)Cc2ccc(O)cc2)C(C)(C)SSCC(C(=O)N[C@@H](CCCCN)C(=O)N[C@@H](CCCN=C(N)N)C(N)=O)NC(=O)[C@H](Cc2ccccc2)NC(=O)[C@H](CO)NC(=O)CNC1=O. The van der Waals surface area contributed by atoms with Gasteiger partial charge in [0.15, 0.2) is 5.96 Å². The molecule has 0 radical (unpaired) electrons. The van der Waals surface area contributed by atoms with Crippen LogP contribution in [0.15, 0.2) is 102 Å². The molecule has 84 heavy (non-hydrogen) atoms. The van der Waals surface area contributed by atoms with E-state index in [-0.39, 0.29) is 62.7 Å². The first-order chi connectivity index (χ1) is 40.0. The molecule has 9 amide bonds. The van der Waals surface area contributed by atoms with Crippen molar-refractivity contribution < 1.29 is 53.4 Å². The fourth-order valence-electron chi connectivity index (χ4n) is 9.02. The summed E-state index contributed by atoms with van der Waals surface area (Å²) in [6, 6.07) is 16.2. The number of phenols is 1. The molecule has 20 N–H and O–H groups in total. The van der Waals surface area contributed by atoms with Gasteiger partial charge in [0.2, 0.25) is 53.2 Å². The number of nitrogens with one attached hydrogen (secondary N) is 8. The third-order valence-electron chi connectivity index (χ3n) is 13.9. The van der Waals surface area contributed by atoms with Crippen LogP contribution in [0.1, 0.15) is 75.5 Å². The van der Waals surface area contributed by atoms with Crippen LogP contribution in [0.25, 0.3) is 10.8 Å². The van der Waals surface area contributed by atoms with Crippen molar-refractivity contribution in [3.05, 3.63) is 114 Å². The third kappa shape index (κ3) is 20.7. The number of unbranched alkanes of at least 4 members (excludes halogenated alkanes) is 1. The molecule has 0 spiro atoms. The Hall–Kier alpha value is -7.98. The Labute approximate surface area is 495 Å². The normalized spacial score (nSPS) is 20.6. The molecule has 454 valence electrons. The number of carbonyl (C=O) groups is 9. The number of phenolic OH excluding ortho intramolecular Hbond substituents is 1. The second kappa shape index (κ2) is 32.8. The minimum absolute atomic E-state index is 0.00723. The van der Waals surface area contributed by atoms with Gasteiger partial charge in [0.25, 0.3) is 0 Å². The lowest BCUT2D eigenvalue weighted by Crippen LogP contribution is -2.62. The number of hydrogen-bond donors (Lipinski definition) is 15. The molecule has 0 aliphatic carbocycles. The second-order valence-electron chi connectivity index (χ2n) is 20.9. The van der Waals surface area contributed by atoms with E-state index < -0.39 is 125 Å². The summed E-state index contributed by atoms with van der Waals surface area (Å²) in [6.45, 7) is 3.62. The maximum absolute atomic E-state index is 15.1. The van der Waals surface area contributed by atoms with Crippen molar-refractivity contribution in [2.45, 2.75) is 125 Å². The van der Waals surface area contributed by atoms with Crippen molar-refractivity contribution in [1.82, 2.24) is 42.5 Å². The highest BCUT2D eigenvalue weighted by Crippen LogP contribution is 2.39. The second-order valence-corrected chi connectivity index (χ2v) is 23.9. The van der Waals surface area contributed by atoms with E-state index in [1.54, 1.807) is 69.3 Å². The average Bonchev–Trinajstić information content (AvgIpc) is 3.58. The van der Waals surface area contributed by atoms with E-state index in [0.717, 1.165) is 32.4 Å². The molecule has 4 aromatic carbocycles. The molecule has 0 saturated carbocycles. The van der Waals surface area contributed by atoms with E-state index in [1.165, 1.54) is 12.1 Å². The lowest BCUT2D eigenvalue weighted by atomic mass is 9.90. The molecule has 0 bridgehead atoms. The molecule has 1 heterocycles. The van der Waals surface area contributed by atoms with Crippen LogP contribution in [-0.4, -0.2) is 154 Å². The lowest BCUT2D eigenvalue weighted by molar-refractivity contribution is -0.135. The molecule has 5 rings (SSSR count). The van der Waals surface area contributed by atoms with Gasteiger partial charge in [-0.3, -0.25) is 48.1 Å². The summed E-state index contributed by atoms with van der Waals surface area (Å²) in [6.07, 6.45) is 0.919. The Balaban J connectivity index is 1.57. The summed E-state index contributed by atoms with van der Waals surface area (Å²) >= 11 is 0. The molecule has 9 atom stereocenters. The first kappa shape index (κ1) is 66.8. The molecule has 1 unspecified atom stereocenters. The highest BCUT2D eigenvalue weighted by Gasteiger charge is 2.42. The summed E-state index contributed by atoms with van der Waals surface area (Å²) in [4.78, 5) is 131. The Kier molecular flexibility index (Phi) is 26.1. The Bertz CT molecular complexity index is 2950. The minimum Gasteiger partial charge on any atom is -0.508 e. The summed E-state index contributed by atoms with van der Waals surface area (Å²) in [5.74, 6) is -9.11. The number of benzene rings is 4. The molecule has 1 aliphatic rings. The Morgan fingerprint density at radius 3 is 2.07 bits per heavy atom. The van der Waals surface area contributed by atoms with Crippen LogP contribution < -0.4 is 71.2 Å². The highest BCUT2D eigenvalue weighted by molar-refractivity contribution is 8.77. The van der Waals surface area contributed by atoms with Crippen molar-refractivity contribution in [1.29, 1.82) is 0 Å². The van der Waals surface area contributed by atoms with Gasteiger partial charge < -0.3 is 81.4 Å². The summed E-state index contributed by atoms with van der Waals surface area (Å²) in [7, 11) is 2.02. The van der Waals surface area contributed by atoms with Gasteiger partial charge in [-0.25, -0.2) is 0 Å². The first-order valence-electron chi connectivity index (χ1n) is 27.4. The number of hydrogen-bond acceptors (Lipinski definition) is 16. The zero-order valence-corrected chi connectivity index (χ0v) is 48.8. The predicted octanol–water partition coefficient (Wildman–Crippen LogP) is -1.19. The predicted molar refractivity (Wildman–Crippen MR) is 322 cm³/mol. The number of nitrogens with zero attached hydrogens (tertiary/aromatic N) is 1. The van der Waals surface area contributed by atoms with E-state index in [4.69, 9.17) is 28.7 Å². The maximum atomic E-state index is 15.1. The number of rotatable bonds is 22. The number of amides is 9. The first-order valence-corrected chi connectivity index (χ1v) is 29.7. The number of aliphatic hydroxyl groups excluding tert-OH is 1. The van der Waals surface area contributed by atoms with Gasteiger partial charge in [-0.15, -0.1) is 0 Å². The van der Waals surface area contributed by atoms with E-state index in [2.05, 4.69) is 47.5 Å². The number of guanidine groups is 1. The standard InChI is InChI=1S/C57H78N14O11S2/c1-32(36-21-20-35-14-7-8-15-37(35)28-36)46-54(81)64-29-45(74)65-43(30-72)52(79)68-42(27-33-12-5-4-6-13-33)51(78)69-44(53(80)67-41(16-9-10-24-58)50(77)66-40(48(60)75)17-11-25-63-56(61)62)31-83-84-57(2,3)47(55(82)70-46)71-49(76)39(59)26-34-18-22-38(73)23-19-34/h4-8,12-15,18-23,28,32,39-44,46-47,72-73H,9-11,16-17,24-27,29-31,58-59H2,1-3H3,(H2,60,75)(H,64,81)(H,65,74)(H,66,77)(H,67,80)(H,68,79)(H,69,78)(H,70,82)(H,71,76)(H4,61,62,63)/t32-,39-,40-,41-,42-,43-,44?,46-,47-/m0/s1. The van der Waals surface area contributed by atoms with Crippen LogP contribution in [0, 0.1) is 0 Å². The van der Waals surface area contributed by atoms with Crippen LogP contribution in [0.2, 0.25) is 0 Å². The van der Waals surface area contributed by atoms with Gasteiger partial charge in [-0.1, -0.05) is 113 Å². The number of aliphatic hydroxyl groups is 1. The van der Waals surface area contributed by atoms with Crippen molar-refractivity contribution in [3.63, 3.8) is 0 Å². The largest absolute Gasteiger partial charge is 0.508 e. The molecule has 27 heteroatoms. The molecule has 4 aromatic rings. The van der Waals surface area contributed by atoms with Gasteiger partial charge in [0.1, 0.15) is 48.0 Å². The fraction of sp³-hybridized carbons (Fsp3) is 0.439. The van der Waals surface area contributed by atoms with Gasteiger partial charge in [0.05, 0.1) is 19.2 Å². The van der Waals surface area contributed by atoms with Gasteiger partial charge in [0, 0.05) is 29.4 Å². The van der Waals surface area contributed by atoms with E-state index >= 15 is 4.79 Å². The van der Waals surface area contributed by atoms with Crippen LogP contribution in [0.5, 0.6) is 5.75 Å². The molecule has 1 saturated heterocycles. The minimum atomic E-state index is -1.67. The number of aromatic hydroxyl groups is 1. The molecular formula is C57H78N14O11S2. The third-order valence-corrected chi connectivity index (χ3v) is 17.2. The molecule has 0 aromatic heterocycles. The van der Waals surface area contributed by atoms with Gasteiger partial charge in [-0.05, 0) is 98.5 Å². The van der Waals surface area contributed by atoms with Crippen molar-refractivity contribution >= 4 is 91.5 Å². The fourth-order valence-corrected chi connectivity index (χ4v) is 11.8. The molecular weight excluding hydrogens is 1120 g/mol. The van der Waals surface area contributed by atoms with Crippen LogP contribution in [0.4, 0.5) is 0 Å². The van der Waals surface area contributed by atoms with E-state index in [1.807, 2.05) is 36.4 Å². The van der Waals surface area contributed by atoms with E-state index in [9.17, 15) is 48.6 Å². The zero-order chi connectivity index (χ0) is 61.5. The summed E-state index contributed by atoms with van der Waals surface area (Å²) in [5.41, 5.74) is 30.6. The molecule has 25 nitrogen and oxygen atoms in total. The van der Waals surface area contributed by atoms with Crippen LogP contribution >= 0.6 is 21.6 Å². The monoisotopic (exact) mass is 1200 g/mol. The van der Waals surface area contributed by atoms with Gasteiger partial charge >= 0.3 is 0 Å². The maximum Gasteiger partial charge on any atom is 0.245 e. The topological polar surface area (TPSA) is 433 Å². The quantitative estimate of drug-likeness (QED) is 0.0190. The number of nitrogens with two attached hydrogens (primary N) is 5.